The minimum atomic E-state index is 0.311. The smallest absolute Gasteiger partial charge is 0.174 e. The lowest BCUT2D eigenvalue weighted by atomic mass is 10.1. The number of hydrogen-bond donors (Lipinski definition) is 0. The van der Waals surface area contributed by atoms with Crippen molar-refractivity contribution in [1.82, 2.24) is 19.7 Å². The molecule has 0 unspecified atom stereocenters. The van der Waals surface area contributed by atoms with Crippen molar-refractivity contribution in [1.29, 1.82) is 5.26 Å². The van der Waals surface area contributed by atoms with Crippen LogP contribution in [0.15, 0.2) is 57.3 Å². The number of halogens is 1. The number of nitriles is 1. The van der Waals surface area contributed by atoms with E-state index in [9.17, 15) is 0 Å². The van der Waals surface area contributed by atoms with Gasteiger partial charge in [0.25, 0.3) is 0 Å². The SMILES string of the molecule is CC(C)Cn1c(-c2ccc(Br)cc2)cnc1Sc1ccc(C#N)nn1. The Labute approximate surface area is 159 Å². The van der Waals surface area contributed by atoms with E-state index in [-0.39, 0.29) is 0 Å². The van der Waals surface area contributed by atoms with E-state index in [1.807, 2.05) is 24.4 Å². The fourth-order valence-corrected chi connectivity index (χ4v) is 3.42. The van der Waals surface area contributed by atoms with Gasteiger partial charge in [-0.3, -0.25) is 0 Å². The minimum Gasteiger partial charge on any atom is -0.318 e. The zero-order valence-corrected chi connectivity index (χ0v) is 16.3. The van der Waals surface area contributed by atoms with Crippen LogP contribution in [0, 0.1) is 17.2 Å². The van der Waals surface area contributed by atoms with Gasteiger partial charge in [0.1, 0.15) is 11.1 Å². The molecule has 0 radical (unpaired) electrons. The summed E-state index contributed by atoms with van der Waals surface area (Å²) in [5.41, 5.74) is 2.50. The normalized spacial score (nSPS) is 10.8. The molecule has 7 heteroatoms. The molecule has 0 atom stereocenters. The van der Waals surface area contributed by atoms with Gasteiger partial charge < -0.3 is 4.57 Å². The van der Waals surface area contributed by atoms with Gasteiger partial charge in [-0.05, 0) is 47.5 Å². The van der Waals surface area contributed by atoms with Gasteiger partial charge >= 0.3 is 0 Å². The number of imidazole rings is 1. The number of aromatic nitrogens is 4. The molecule has 0 bridgehead atoms. The number of benzene rings is 1. The van der Waals surface area contributed by atoms with Crippen LogP contribution in [0.1, 0.15) is 19.5 Å². The molecular formula is C18H16BrN5S. The average Bonchev–Trinajstić information content (AvgIpc) is 2.98. The summed E-state index contributed by atoms with van der Waals surface area (Å²) in [4.78, 5) is 4.59. The summed E-state index contributed by atoms with van der Waals surface area (Å²) in [6.07, 6.45) is 1.89. The predicted octanol–water partition coefficient (Wildman–Crippen LogP) is 4.78. The largest absolute Gasteiger partial charge is 0.318 e. The van der Waals surface area contributed by atoms with Crippen LogP contribution in [0.25, 0.3) is 11.3 Å². The van der Waals surface area contributed by atoms with Crippen molar-refractivity contribution in [3.63, 3.8) is 0 Å². The van der Waals surface area contributed by atoms with E-state index in [1.54, 1.807) is 12.1 Å². The van der Waals surface area contributed by atoms with Gasteiger partial charge in [-0.15, -0.1) is 10.2 Å². The molecule has 0 fully saturated rings. The van der Waals surface area contributed by atoms with Crippen LogP contribution in [0.3, 0.4) is 0 Å². The molecular weight excluding hydrogens is 398 g/mol. The molecule has 0 aliphatic heterocycles. The lowest BCUT2D eigenvalue weighted by Crippen LogP contribution is -2.07. The van der Waals surface area contributed by atoms with E-state index in [4.69, 9.17) is 5.26 Å². The van der Waals surface area contributed by atoms with Crippen molar-refractivity contribution in [2.45, 2.75) is 30.6 Å². The van der Waals surface area contributed by atoms with Crippen LogP contribution in [0.4, 0.5) is 0 Å². The molecule has 0 saturated carbocycles. The highest BCUT2D eigenvalue weighted by Gasteiger charge is 2.15. The van der Waals surface area contributed by atoms with Crippen molar-refractivity contribution < 1.29 is 0 Å². The molecule has 0 spiro atoms. The molecule has 0 amide bonds. The summed E-state index contributed by atoms with van der Waals surface area (Å²) < 4.78 is 3.26. The first-order valence-electron chi connectivity index (χ1n) is 7.80. The minimum absolute atomic E-state index is 0.311. The van der Waals surface area contributed by atoms with Gasteiger partial charge in [-0.1, -0.05) is 41.9 Å². The van der Waals surface area contributed by atoms with Gasteiger partial charge in [-0.2, -0.15) is 5.26 Å². The first-order valence-corrected chi connectivity index (χ1v) is 9.41. The van der Waals surface area contributed by atoms with E-state index >= 15 is 0 Å². The van der Waals surface area contributed by atoms with E-state index in [1.165, 1.54) is 11.8 Å². The Hall–Kier alpha value is -2.17. The fourth-order valence-electron chi connectivity index (χ4n) is 2.36. The Morgan fingerprint density at radius 3 is 2.52 bits per heavy atom. The van der Waals surface area contributed by atoms with Crippen molar-refractivity contribution >= 4 is 27.7 Å². The van der Waals surface area contributed by atoms with Crippen molar-refractivity contribution in [3.05, 3.63) is 52.8 Å². The summed E-state index contributed by atoms with van der Waals surface area (Å²) in [7, 11) is 0. The van der Waals surface area contributed by atoms with Gasteiger partial charge in [0, 0.05) is 11.0 Å². The lowest BCUT2D eigenvalue weighted by molar-refractivity contribution is 0.498. The first kappa shape index (κ1) is 17.6. The maximum absolute atomic E-state index is 8.83. The van der Waals surface area contributed by atoms with Gasteiger partial charge in [0.05, 0.1) is 11.9 Å². The Bertz CT molecular complexity index is 895. The number of hydrogen-bond acceptors (Lipinski definition) is 5. The standard InChI is InChI=1S/C18H16BrN5S/c1-12(2)11-24-16(13-3-5-14(19)6-4-13)10-21-18(24)25-17-8-7-15(9-20)22-23-17/h3-8,10,12H,11H2,1-2H3. The van der Waals surface area contributed by atoms with Crippen LogP contribution in [-0.2, 0) is 6.54 Å². The third kappa shape index (κ3) is 4.27. The van der Waals surface area contributed by atoms with Crippen LogP contribution in [0.2, 0.25) is 0 Å². The molecule has 2 aromatic heterocycles. The molecule has 126 valence electrons. The Balaban J connectivity index is 1.95. The topological polar surface area (TPSA) is 67.4 Å². The number of rotatable bonds is 5. The van der Waals surface area contributed by atoms with E-state index < -0.39 is 0 Å². The zero-order valence-electron chi connectivity index (χ0n) is 13.8. The van der Waals surface area contributed by atoms with Gasteiger partial charge in [0.15, 0.2) is 10.9 Å². The van der Waals surface area contributed by atoms with Crippen molar-refractivity contribution in [2.24, 2.45) is 5.92 Å². The van der Waals surface area contributed by atoms with Crippen LogP contribution in [0.5, 0.6) is 0 Å². The third-order valence-corrected chi connectivity index (χ3v) is 4.92. The average molecular weight is 414 g/mol. The molecule has 0 N–H and O–H groups in total. The van der Waals surface area contributed by atoms with Gasteiger partial charge in [0.2, 0.25) is 0 Å². The first-order chi connectivity index (χ1) is 12.1. The monoisotopic (exact) mass is 413 g/mol. The number of nitrogens with zero attached hydrogens (tertiary/aromatic N) is 5. The molecule has 5 nitrogen and oxygen atoms in total. The second kappa shape index (κ2) is 7.81. The van der Waals surface area contributed by atoms with E-state index in [0.29, 0.717) is 11.6 Å². The quantitative estimate of drug-likeness (QED) is 0.601. The Kier molecular flexibility index (Phi) is 5.51. The predicted molar refractivity (Wildman–Crippen MR) is 101 cm³/mol. The Morgan fingerprint density at radius 1 is 1.16 bits per heavy atom. The fraction of sp³-hybridized carbons (Fsp3) is 0.222. The van der Waals surface area contributed by atoms with E-state index in [0.717, 1.165) is 32.5 Å². The molecule has 25 heavy (non-hydrogen) atoms. The summed E-state index contributed by atoms with van der Waals surface area (Å²) in [5.74, 6) is 0.481. The van der Waals surface area contributed by atoms with Crippen LogP contribution >= 0.6 is 27.7 Å². The highest BCUT2D eigenvalue weighted by Crippen LogP contribution is 2.31. The second-order valence-corrected chi connectivity index (χ2v) is 7.81. The summed E-state index contributed by atoms with van der Waals surface area (Å²) in [6, 6.07) is 13.7. The van der Waals surface area contributed by atoms with Crippen molar-refractivity contribution in [2.75, 3.05) is 0 Å². The third-order valence-electron chi connectivity index (χ3n) is 3.46. The van der Waals surface area contributed by atoms with E-state index in [2.05, 4.69) is 61.7 Å². The zero-order chi connectivity index (χ0) is 17.8. The molecule has 3 rings (SSSR count). The highest BCUT2D eigenvalue weighted by atomic mass is 79.9. The molecule has 1 aromatic carbocycles. The summed E-state index contributed by atoms with van der Waals surface area (Å²) in [6.45, 7) is 5.22. The highest BCUT2D eigenvalue weighted by molar-refractivity contribution is 9.10. The summed E-state index contributed by atoms with van der Waals surface area (Å²) in [5, 5.41) is 18.4. The maximum Gasteiger partial charge on any atom is 0.174 e. The Morgan fingerprint density at radius 2 is 1.92 bits per heavy atom. The van der Waals surface area contributed by atoms with Crippen LogP contribution in [-0.4, -0.2) is 19.7 Å². The molecule has 0 saturated heterocycles. The van der Waals surface area contributed by atoms with Gasteiger partial charge in [-0.25, -0.2) is 4.98 Å². The molecule has 0 aliphatic carbocycles. The summed E-state index contributed by atoms with van der Waals surface area (Å²) >= 11 is 4.93. The van der Waals surface area contributed by atoms with Crippen LogP contribution < -0.4 is 0 Å². The molecule has 0 aliphatic rings. The van der Waals surface area contributed by atoms with Crippen molar-refractivity contribution in [3.8, 4) is 17.3 Å². The molecule has 3 aromatic rings. The lowest BCUT2D eigenvalue weighted by Gasteiger charge is -2.14. The second-order valence-electron chi connectivity index (χ2n) is 5.91. The maximum atomic E-state index is 8.83. The molecule has 2 heterocycles.